The molecule has 0 heteroatoms. The fourth-order valence-electron chi connectivity index (χ4n) is 3.42. The van der Waals surface area contributed by atoms with E-state index in [9.17, 15) is 0 Å². The van der Waals surface area contributed by atoms with Crippen molar-refractivity contribution in [3.05, 3.63) is 6.92 Å². The van der Waals surface area contributed by atoms with Crippen LogP contribution in [0.15, 0.2) is 0 Å². The van der Waals surface area contributed by atoms with E-state index in [1.807, 2.05) is 0 Å². The maximum absolute atomic E-state index is 4.15. The van der Waals surface area contributed by atoms with E-state index in [2.05, 4.69) is 6.92 Å². The molecule has 0 N–H and O–H groups in total. The Kier molecular flexibility index (Phi) is 11.7. The third-order valence-electron chi connectivity index (χ3n) is 4.88. The van der Waals surface area contributed by atoms with Crippen LogP contribution in [0.25, 0.3) is 0 Å². The van der Waals surface area contributed by atoms with Crippen molar-refractivity contribution >= 4 is 0 Å². The smallest absolute Gasteiger partial charge is 0.0414 e. The summed E-state index contributed by atoms with van der Waals surface area (Å²) in [4.78, 5) is 0. The van der Waals surface area contributed by atoms with Gasteiger partial charge in [0.2, 0.25) is 0 Å². The van der Waals surface area contributed by atoms with E-state index in [1.165, 1.54) is 109 Å². The van der Waals surface area contributed by atoms with Crippen molar-refractivity contribution in [1.29, 1.82) is 0 Å². The summed E-state index contributed by atoms with van der Waals surface area (Å²) in [6.07, 6.45) is 24.8. The monoisotopic (exact) mass is 265 g/mol. The average Bonchev–Trinajstić information content (AvgIpc) is 2.44. The van der Waals surface area contributed by atoms with Crippen molar-refractivity contribution in [3.8, 4) is 0 Å². The Balaban J connectivity index is 2.15. The van der Waals surface area contributed by atoms with Gasteiger partial charge in [0.15, 0.2) is 0 Å². The van der Waals surface area contributed by atoms with Crippen molar-refractivity contribution in [3.63, 3.8) is 0 Å². The molecular formula is C19H37. The second-order valence-corrected chi connectivity index (χ2v) is 6.68. The van der Waals surface area contributed by atoms with Crippen molar-refractivity contribution in [2.75, 3.05) is 0 Å². The molecule has 0 spiro atoms. The second kappa shape index (κ2) is 13.0. The first kappa shape index (κ1) is 17.1. The maximum Gasteiger partial charge on any atom is -0.0414 e. The van der Waals surface area contributed by atoms with Gasteiger partial charge in [0.05, 0.1) is 0 Å². The summed E-state index contributed by atoms with van der Waals surface area (Å²) in [5, 5.41) is 0. The SMILES string of the molecule is [CH2]CC1CCCCCCCCCCCCCCCC1. The minimum Gasteiger partial charge on any atom is -0.0533 e. The van der Waals surface area contributed by atoms with Crippen LogP contribution in [-0.2, 0) is 0 Å². The largest absolute Gasteiger partial charge is 0.0533 e. The average molecular weight is 266 g/mol. The number of hydrogen-bond donors (Lipinski definition) is 0. The number of hydrogen-bond acceptors (Lipinski definition) is 0. The van der Waals surface area contributed by atoms with Gasteiger partial charge in [0, 0.05) is 0 Å². The Bertz CT molecular complexity index is 155. The highest BCUT2D eigenvalue weighted by Crippen LogP contribution is 2.22. The molecule has 113 valence electrons. The van der Waals surface area contributed by atoms with E-state index in [4.69, 9.17) is 0 Å². The van der Waals surface area contributed by atoms with E-state index in [1.54, 1.807) is 0 Å². The van der Waals surface area contributed by atoms with E-state index >= 15 is 0 Å². The second-order valence-electron chi connectivity index (χ2n) is 6.68. The van der Waals surface area contributed by atoms with Crippen LogP contribution >= 0.6 is 0 Å². The predicted octanol–water partition coefficient (Wildman–Crippen LogP) is 7.08. The van der Waals surface area contributed by atoms with Gasteiger partial charge in [-0.2, -0.15) is 0 Å². The molecule has 0 amide bonds. The van der Waals surface area contributed by atoms with Gasteiger partial charge in [-0.1, -0.05) is 116 Å². The summed E-state index contributed by atoms with van der Waals surface area (Å²) in [5.41, 5.74) is 0. The quantitative estimate of drug-likeness (QED) is 0.475. The third kappa shape index (κ3) is 10.4. The zero-order valence-corrected chi connectivity index (χ0v) is 13.3. The molecule has 0 aromatic heterocycles. The zero-order chi connectivity index (χ0) is 13.6. The molecule has 19 heavy (non-hydrogen) atoms. The lowest BCUT2D eigenvalue weighted by Crippen LogP contribution is -1.99. The van der Waals surface area contributed by atoms with Crippen LogP contribution in [0.4, 0.5) is 0 Å². The molecule has 0 saturated heterocycles. The lowest BCUT2D eigenvalue weighted by atomic mass is 9.92. The summed E-state index contributed by atoms with van der Waals surface area (Å²) in [6.45, 7) is 4.15. The lowest BCUT2D eigenvalue weighted by molar-refractivity contribution is 0.405. The zero-order valence-electron chi connectivity index (χ0n) is 13.3. The van der Waals surface area contributed by atoms with Crippen LogP contribution < -0.4 is 0 Å². The van der Waals surface area contributed by atoms with Crippen molar-refractivity contribution in [2.45, 2.75) is 109 Å². The van der Waals surface area contributed by atoms with Crippen LogP contribution in [-0.4, -0.2) is 0 Å². The van der Waals surface area contributed by atoms with Crippen LogP contribution in [0, 0.1) is 12.8 Å². The Labute approximate surface area is 122 Å². The molecule has 1 saturated carbocycles. The molecule has 1 radical (unpaired) electrons. The first-order chi connectivity index (χ1) is 9.43. The molecule has 0 aromatic rings. The van der Waals surface area contributed by atoms with Crippen LogP contribution in [0.5, 0.6) is 0 Å². The first-order valence-corrected chi connectivity index (χ1v) is 9.22. The minimum absolute atomic E-state index is 0.927. The van der Waals surface area contributed by atoms with E-state index in [0.29, 0.717) is 0 Å². The summed E-state index contributed by atoms with van der Waals surface area (Å²) in [7, 11) is 0. The summed E-state index contributed by atoms with van der Waals surface area (Å²) in [5.74, 6) is 0.927. The van der Waals surface area contributed by atoms with E-state index in [0.717, 1.165) is 5.92 Å². The molecule has 1 fully saturated rings. The standard InChI is InChI=1S/C19H37/c1-2-19-17-15-13-11-9-7-5-3-4-6-8-10-12-14-16-18-19/h19H,1-18H2. The van der Waals surface area contributed by atoms with E-state index < -0.39 is 0 Å². The molecule has 0 bridgehead atoms. The molecule has 0 atom stereocenters. The van der Waals surface area contributed by atoms with Crippen molar-refractivity contribution in [1.82, 2.24) is 0 Å². The van der Waals surface area contributed by atoms with Gasteiger partial charge in [-0.25, -0.2) is 0 Å². The van der Waals surface area contributed by atoms with E-state index in [-0.39, 0.29) is 0 Å². The van der Waals surface area contributed by atoms with Gasteiger partial charge >= 0.3 is 0 Å². The normalized spacial score (nSPS) is 23.8. The molecular weight excluding hydrogens is 228 g/mol. The maximum atomic E-state index is 4.15. The highest BCUT2D eigenvalue weighted by Gasteiger charge is 2.06. The van der Waals surface area contributed by atoms with Crippen LogP contribution in [0.2, 0.25) is 0 Å². The molecule has 0 aliphatic heterocycles. The third-order valence-corrected chi connectivity index (χ3v) is 4.88. The molecule has 0 heterocycles. The lowest BCUT2D eigenvalue weighted by Gasteiger charge is -2.14. The Morgan fingerprint density at radius 2 is 0.737 bits per heavy atom. The molecule has 1 aliphatic rings. The highest BCUT2D eigenvalue weighted by molar-refractivity contribution is 4.62. The first-order valence-electron chi connectivity index (χ1n) is 9.22. The topological polar surface area (TPSA) is 0 Å². The number of rotatable bonds is 1. The Morgan fingerprint density at radius 3 is 1.00 bits per heavy atom. The predicted molar refractivity (Wildman–Crippen MR) is 87.3 cm³/mol. The fraction of sp³-hybridized carbons (Fsp3) is 0.947. The van der Waals surface area contributed by atoms with Crippen LogP contribution in [0.3, 0.4) is 0 Å². The molecule has 0 nitrogen and oxygen atoms in total. The van der Waals surface area contributed by atoms with Crippen LogP contribution in [0.1, 0.15) is 109 Å². The van der Waals surface area contributed by atoms with Crippen molar-refractivity contribution < 1.29 is 0 Å². The summed E-state index contributed by atoms with van der Waals surface area (Å²) in [6, 6.07) is 0. The highest BCUT2D eigenvalue weighted by atomic mass is 14.1. The Hall–Kier alpha value is 0. The minimum atomic E-state index is 0.927. The van der Waals surface area contributed by atoms with Gasteiger partial charge in [-0.05, 0) is 5.92 Å². The fourth-order valence-corrected chi connectivity index (χ4v) is 3.42. The molecule has 1 aliphatic carbocycles. The molecule has 0 aromatic carbocycles. The summed E-state index contributed by atoms with van der Waals surface area (Å²) < 4.78 is 0. The van der Waals surface area contributed by atoms with Gasteiger partial charge in [0.25, 0.3) is 0 Å². The van der Waals surface area contributed by atoms with Crippen molar-refractivity contribution in [2.24, 2.45) is 5.92 Å². The molecule has 0 unspecified atom stereocenters. The molecule has 1 rings (SSSR count). The Morgan fingerprint density at radius 1 is 0.474 bits per heavy atom. The van der Waals surface area contributed by atoms with Gasteiger partial charge in [-0.15, -0.1) is 0 Å². The van der Waals surface area contributed by atoms with Gasteiger partial charge in [-0.3, -0.25) is 0 Å². The van der Waals surface area contributed by atoms with Gasteiger partial charge in [0.1, 0.15) is 0 Å². The van der Waals surface area contributed by atoms with Gasteiger partial charge < -0.3 is 0 Å². The summed E-state index contributed by atoms with van der Waals surface area (Å²) >= 11 is 0.